The number of fused-ring (bicyclic) bond motifs is 12. The third kappa shape index (κ3) is 3.82. The van der Waals surface area contributed by atoms with Gasteiger partial charge in [-0.05, 0) is 52.6 Å². The van der Waals surface area contributed by atoms with Gasteiger partial charge in [0.1, 0.15) is 6.26 Å². The van der Waals surface area contributed by atoms with Crippen molar-refractivity contribution in [2.75, 3.05) is 0 Å². The molecule has 10 rings (SSSR count). The van der Waals surface area contributed by atoms with Gasteiger partial charge in [0.25, 0.3) is 0 Å². The van der Waals surface area contributed by atoms with Crippen molar-refractivity contribution in [3.63, 3.8) is 0 Å². The molecule has 3 heterocycles. The van der Waals surface area contributed by atoms with Crippen molar-refractivity contribution >= 4 is 44.4 Å². The summed E-state index contributed by atoms with van der Waals surface area (Å²) in [6.07, 6.45) is 10.0. The van der Waals surface area contributed by atoms with Gasteiger partial charge in [-0.3, -0.25) is 4.98 Å². The summed E-state index contributed by atoms with van der Waals surface area (Å²) in [5.41, 5.74) is 14.7. The number of para-hydroxylation sites is 3. The number of hydrogen-bond acceptors (Lipinski definition) is 2. The van der Waals surface area contributed by atoms with E-state index in [1.165, 1.54) is 32.9 Å². The van der Waals surface area contributed by atoms with Gasteiger partial charge in [-0.1, -0.05) is 97.1 Å². The Hall–Kier alpha value is -6.26. The van der Waals surface area contributed by atoms with Crippen molar-refractivity contribution in [3.8, 4) is 27.9 Å². The zero-order chi connectivity index (χ0) is 30.9. The predicted octanol–water partition coefficient (Wildman–Crippen LogP) is 9.96. The fourth-order valence-electron chi connectivity index (χ4n) is 7.66. The largest absolute Gasteiger partial charge is 0.477 e. The topological polar surface area (TPSA) is 30.1 Å². The quantitative estimate of drug-likeness (QED) is 0.184. The van der Waals surface area contributed by atoms with Gasteiger partial charge in [0, 0.05) is 51.9 Å². The van der Waals surface area contributed by atoms with Crippen molar-refractivity contribution in [3.05, 3.63) is 176 Å². The van der Waals surface area contributed by atoms with Gasteiger partial charge in [0.15, 0.2) is 0 Å². The van der Waals surface area contributed by atoms with Crippen LogP contribution < -0.4 is 0 Å². The van der Waals surface area contributed by atoms with Crippen LogP contribution in [0.15, 0.2) is 164 Å². The summed E-state index contributed by atoms with van der Waals surface area (Å²) in [5.74, 6) is 0. The molecule has 5 aromatic carbocycles. The van der Waals surface area contributed by atoms with E-state index in [1.54, 1.807) is 6.26 Å². The molecular formula is C43H28N3O+. The minimum absolute atomic E-state index is 0.246. The maximum Gasteiger partial charge on any atom is 0.233 e. The van der Waals surface area contributed by atoms with Crippen LogP contribution in [0.3, 0.4) is 0 Å². The molecule has 1 atom stereocenters. The monoisotopic (exact) mass is 602 g/mol. The van der Waals surface area contributed by atoms with E-state index in [1.807, 2.05) is 24.5 Å². The first kappa shape index (κ1) is 26.0. The highest BCUT2D eigenvalue weighted by atomic mass is 16.5. The van der Waals surface area contributed by atoms with Crippen LogP contribution in [0.5, 0.6) is 0 Å². The number of hydrogen-bond donors (Lipinski definition) is 0. The summed E-state index contributed by atoms with van der Waals surface area (Å²) in [6.45, 7) is 0. The van der Waals surface area contributed by atoms with Crippen LogP contribution in [0.2, 0.25) is 0 Å². The fourth-order valence-corrected chi connectivity index (χ4v) is 7.66. The molecule has 0 fully saturated rings. The lowest BCUT2D eigenvalue weighted by Crippen LogP contribution is -2.31. The molecule has 4 heteroatoms. The molecule has 3 aliphatic rings. The number of benzene rings is 5. The molecule has 1 aliphatic heterocycles. The number of pyridine rings is 1. The van der Waals surface area contributed by atoms with Gasteiger partial charge in [0.2, 0.25) is 23.7 Å². The van der Waals surface area contributed by atoms with E-state index in [0.717, 1.165) is 50.6 Å². The van der Waals surface area contributed by atoms with Crippen LogP contribution in [-0.2, 0) is 4.74 Å². The second-order valence-electron chi connectivity index (χ2n) is 12.1. The molecule has 0 bridgehead atoms. The van der Waals surface area contributed by atoms with Crippen molar-refractivity contribution in [1.82, 2.24) is 9.55 Å². The molecule has 4 nitrogen and oxygen atoms in total. The van der Waals surface area contributed by atoms with Gasteiger partial charge < -0.3 is 9.30 Å². The van der Waals surface area contributed by atoms with E-state index in [4.69, 9.17) is 9.72 Å². The van der Waals surface area contributed by atoms with Crippen LogP contribution in [0, 0.1) is 0 Å². The number of rotatable bonds is 2. The zero-order valence-electron chi connectivity index (χ0n) is 25.4. The molecule has 0 spiro atoms. The maximum absolute atomic E-state index is 6.27. The van der Waals surface area contributed by atoms with Crippen molar-refractivity contribution in [1.29, 1.82) is 0 Å². The van der Waals surface area contributed by atoms with E-state index >= 15 is 0 Å². The standard InChI is InChI=1S/C43H28N3O/c1-2-12-28(13-3-1)45-24-25-47-41-27-36-35(26-40(41)45)29-14-4-5-17-32(29)42-33(34-19-11-23-44-43(34)36)18-10-22-39(42)46-37-20-8-6-15-30(37)31-16-7-9-21-38(31)46/h1-27,41H/q+1. The number of aromatic nitrogens is 2. The lowest BCUT2D eigenvalue weighted by atomic mass is 9.78. The molecule has 7 aromatic rings. The van der Waals surface area contributed by atoms with Crippen LogP contribution in [0.25, 0.3) is 60.9 Å². The number of nitrogens with zero attached hydrogens (tertiary/aromatic N) is 3. The van der Waals surface area contributed by atoms with Crippen LogP contribution in [0.4, 0.5) is 5.69 Å². The molecule has 0 saturated carbocycles. The molecule has 1 unspecified atom stereocenters. The third-order valence-electron chi connectivity index (χ3n) is 9.64. The summed E-state index contributed by atoms with van der Waals surface area (Å²) in [6, 6.07) is 47.7. The Kier molecular flexibility index (Phi) is 5.60. The Morgan fingerprint density at radius 3 is 2.09 bits per heavy atom. The van der Waals surface area contributed by atoms with E-state index in [0.29, 0.717) is 0 Å². The van der Waals surface area contributed by atoms with Crippen molar-refractivity contribution < 1.29 is 9.31 Å². The summed E-state index contributed by atoms with van der Waals surface area (Å²) < 4.78 is 10.9. The van der Waals surface area contributed by atoms with Gasteiger partial charge in [0.05, 0.1) is 22.4 Å². The Morgan fingerprint density at radius 1 is 0.596 bits per heavy atom. The van der Waals surface area contributed by atoms with Crippen LogP contribution in [-0.4, -0.2) is 25.9 Å². The highest BCUT2D eigenvalue weighted by molar-refractivity contribution is 6.22. The Balaban J connectivity index is 1.33. The Labute approximate surface area is 272 Å². The second-order valence-corrected chi connectivity index (χ2v) is 12.1. The second kappa shape index (κ2) is 10.1. The molecule has 0 radical (unpaired) electrons. The molecule has 0 amide bonds. The first-order chi connectivity index (χ1) is 23.3. The maximum atomic E-state index is 6.27. The molecule has 0 saturated heterocycles. The predicted molar refractivity (Wildman–Crippen MR) is 191 cm³/mol. The van der Waals surface area contributed by atoms with Crippen LogP contribution >= 0.6 is 0 Å². The van der Waals surface area contributed by atoms with Crippen molar-refractivity contribution in [2.24, 2.45) is 0 Å². The van der Waals surface area contributed by atoms with Gasteiger partial charge in [-0.2, -0.15) is 4.58 Å². The van der Waals surface area contributed by atoms with Crippen LogP contribution in [0.1, 0.15) is 11.3 Å². The van der Waals surface area contributed by atoms with E-state index in [2.05, 4.69) is 143 Å². The molecule has 2 aliphatic carbocycles. The minimum atomic E-state index is -0.246. The average molecular weight is 603 g/mol. The van der Waals surface area contributed by atoms with Gasteiger partial charge in [-0.15, -0.1) is 0 Å². The fraction of sp³-hybridized carbons (Fsp3) is 0.0233. The zero-order valence-corrected chi connectivity index (χ0v) is 25.4. The Bertz CT molecular complexity index is 2490. The average Bonchev–Trinajstić information content (AvgIpc) is 3.48. The van der Waals surface area contributed by atoms with Crippen molar-refractivity contribution in [2.45, 2.75) is 6.10 Å². The van der Waals surface area contributed by atoms with E-state index in [9.17, 15) is 0 Å². The SMILES string of the molecule is C1=C[N+](c2ccccc2)=C2C=C3C(=CC2O1)c1ncccc1-c1cccc(-n2c4ccccc4c4ccccc42)c1-c1ccccc13. The minimum Gasteiger partial charge on any atom is -0.477 e. The molecular weight excluding hydrogens is 574 g/mol. The van der Waals surface area contributed by atoms with E-state index < -0.39 is 0 Å². The molecule has 220 valence electrons. The van der Waals surface area contributed by atoms with Gasteiger partial charge in [-0.25, -0.2) is 0 Å². The third-order valence-corrected chi connectivity index (χ3v) is 9.64. The lowest BCUT2D eigenvalue weighted by molar-refractivity contribution is -0.370. The molecule has 47 heavy (non-hydrogen) atoms. The summed E-state index contributed by atoms with van der Waals surface area (Å²) in [5, 5.41) is 2.49. The highest BCUT2D eigenvalue weighted by Crippen LogP contribution is 2.50. The lowest BCUT2D eigenvalue weighted by Gasteiger charge is -2.29. The summed E-state index contributed by atoms with van der Waals surface area (Å²) in [7, 11) is 0. The highest BCUT2D eigenvalue weighted by Gasteiger charge is 2.36. The molecule has 2 aromatic heterocycles. The first-order valence-electron chi connectivity index (χ1n) is 16.0. The molecule has 0 N–H and O–H groups in total. The number of allylic oxidation sites excluding steroid dienone is 2. The normalized spacial score (nSPS) is 16.1. The summed E-state index contributed by atoms with van der Waals surface area (Å²) in [4.78, 5) is 5.07. The Morgan fingerprint density at radius 2 is 1.28 bits per heavy atom. The van der Waals surface area contributed by atoms with E-state index in [-0.39, 0.29) is 6.10 Å². The first-order valence-corrected chi connectivity index (χ1v) is 16.0. The summed E-state index contributed by atoms with van der Waals surface area (Å²) >= 11 is 0. The number of ether oxygens (including phenoxy) is 1. The smallest absolute Gasteiger partial charge is 0.233 e. The van der Waals surface area contributed by atoms with Gasteiger partial charge >= 0.3 is 0 Å².